The normalized spacial score (nSPS) is 10.5. The average molecular weight is 410 g/mol. The SMILES string of the molecule is O=[N+]([O-])c1cc(F)ccc1NCc1cc(Br)c(Br)s1. The monoisotopic (exact) mass is 408 g/mol. The number of rotatable bonds is 4. The maximum atomic E-state index is 13.0. The van der Waals surface area contributed by atoms with Gasteiger partial charge in [-0.15, -0.1) is 11.3 Å². The molecule has 100 valence electrons. The fraction of sp³-hybridized carbons (Fsp3) is 0.0909. The Morgan fingerprint density at radius 3 is 2.68 bits per heavy atom. The summed E-state index contributed by atoms with van der Waals surface area (Å²) >= 11 is 8.26. The molecule has 0 fully saturated rings. The van der Waals surface area contributed by atoms with Crippen molar-refractivity contribution in [3.8, 4) is 0 Å². The van der Waals surface area contributed by atoms with Gasteiger partial charge >= 0.3 is 0 Å². The third-order valence-corrected chi connectivity index (χ3v) is 5.56. The Morgan fingerprint density at radius 2 is 2.11 bits per heavy atom. The lowest BCUT2D eigenvalue weighted by molar-refractivity contribution is -0.384. The zero-order chi connectivity index (χ0) is 14.0. The molecule has 1 aromatic heterocycles. The summed E-state index contributed by atoms with van der Waals surface area (Å²) in [6.07, 6.45) is 0. The van der Waals surface area contributed by atoms with E-state index in [1.807, 2.05) is 6.07 Å². The third kappa shape index (κ3) is 3.52. The van der Waals surface area contributed by atoms with Crippen molar-refractivity contribution in [2.24, 2.45) is 0 Å². The van der Waals surface area contributed by atoms with Gasteiger partial charge in [0.15, 0.2) is 0 Å². The van der Waals surface area contributed by atoms with Crippen LogP contribution in [-0.2, 0) is 6.54 Å². The van der Waals surface area contributed by atoms with Gasteiger partial charge in [-0.1, -0.05) is 0 Å². The van der Waals surface area contributed by atoms with Crippen LogP contribution in [0.5, 0.6) is 0 Å². The highest BCUT2D eigenvalue weighted by molar-refractivity contribution is 9.13. The number of nitro benzene ring substituents is 1. The Kier molecular flexibility index (Phi) is 4.54. The molecule has 19 heavy (non-hydrogen) atoms. The minimum absolute atomic E-state index is 0.269. The van der Waals surface area contributed by atoms with E-state index in [1.165, 1.54) is 23.5 Å². The number of halogens is 3. The first kappa shape index (κ1) is 14.4. The van der Waals surface area contributed by atoms with Gasteiger partial charge in [0.25, 0.3) is 5.69 Å². The van der Waals surface area contributed by atoms with Crippen LogP contribution in [-0.4, -0.2) is 4.92 Å². The molecule has 0 aliphatic rings. The fourth-order valence-electron chi connectivity index (χ4n) is 1.47. The number of nitrogens with zero attached hydrogens (tertiary/aromatic N) is 1. The number of nitrogens with one attached hydrogen (secondary N) is 1. The minimum Gasteiger partial charge on any atom is -0.375 e. The van der Waals surface area contributed by atoms with Gasteiger partial charge in [0, 0.05) is 15.9 Å². The van der Waals surface area contributed by atoms with Crippen LogP contribution in [0.4, 0.5) is 15.8 Å². The molecule has 0 saturated heterocycles. The van der Waals surface area contributed by atoms with E-state index in [0.29, 0.717) is 12.2 Å². The highest BCUT2D eigenvalue weighted by Crippen LogP contribution is 2.33. The van der Waals surface area contributed by atoms with Gasteiger partial charge in [-0.05, 0) is 50.1 Å². The van der Waals surface area contributed by atoms with Crippen LogP contribution < -0.4 is 5.32 Å². The van der Waals surface area contributed by atoms with Crippen molar-refractivity contribution in [2.75, 3.05) is 5.32 Å². The lowest BCUT2D eigenvalue weighted by Gasteiger charge is -2.05. The van der Waals surface area contributed by atoms with Crippen LogP contribution >= 0.6 is 43.2 Å². The van der Waals surface area contributed by atoms with Gasteiger partial charge in [0.1, 0.15) is 11.5 Å². The topological polar surface area (TPSA) is 55.2 Å². The van der Waals surface area contributed by atoms with Crippen molar-refractivity contribution in [1.82, 2.24) is 0 Å². The van der Waals surface area contributed by atoms with Crippen molar-refractivity contribution in [3.05, 3.63) is 53.3 Å². The van der Waals surface area contributed by atoms with Crippen LogP contribution in [0.25, 0.3) is 0 Å². The number of hydrogen-bond donors (Lipinski definition) is 1. The Labute approximate surface area is 129 Å². The van der Waals surface area contributed by atoms with E-state index in [0.717, 1.165) is 19.2 Å². The Hall–Kier alpha value is -0.990. The number of thiophene rings is 1. The van der Waals surface area contributed by atoms with E-state index in [9.17, 15) is 14.5 Å². The van der Waals surface area contributed by atoms with Crippen LogP contribution in [0.2, 0.25) is 0 Å². The van der Waals surface area contributed by atoms with E-state index in [-0.39, 0.29) is 5.69 Å². The van der Waals surface area contributed by atoms with Crippen molar-refractivity contribution >= 4 is 54.6 Å². The molecule has 1 N–H and O–H groups in total. The van der Waals surface area contributed by atoms with Crippen molar-refractivity contribution in [3.63, 3.8) is 0 Å². The molecule has 0 radical (unpaired) electrons. The van der Waals surface area contributed by atoms with Gasteiger partial charge in [0.2, 0.25) is 0 Å². The van der Waals surface area contributed by atoms with Crippen LogP contribution in [0.1, 0.15) is 4.88 Å². The summed E-state index contributed by atoms with van der Waals surface area (Å²) in [7, 11) is 0. The van der Waals surface area contributed by atoms with Gasteiger partial charge in [0.05, 0.1) is 14.8 Å². The average Bonchev–Trinajstić information content (AvgIpc) is 2.67. The van der Waals surface area contributed by atoms with Crippen LogP contribution in [0.3, 0.4) is 0 Å². The van der Waals surface area contributed by atoms with E-state index >= 15 is 0 Å². The number of nitro groups is 1. The van der Waals surface area contributed by atoms with E-state index in [2.05, 4.69) is 37.2 Å². The number of benzene rings is 1. The fourth-order valence-corrected chi connectivity index (χ4v) is 3.58. The number of hydrogen-bond acceptors (Lipinski definition) is 4. The second kappa shape index (κ2) is 5.98. The molecule has 1 heterocycles. The van der Waals surface area contributed by atoms with Gasteiger partial charge in [-0.3, -0.25) is 10.1 Å². The first-order chi connectivity index (χ1) is 8.97. The smallest absolute Gasteiger partial charge is 0.295 e. The zero-order valence-corrected chi connectivity index (χ0v) is 13.3. The van der Waals surface area contributed by atoms with Crippen molar-refractivity contribution in [2.45, 2.75) is 6.54 Å². The largest absolute Gasteiger partial charge is 0.375 e. The molecule has 0 aliphatic carbocycles. The second-order valence-electron chi connectivity index (χ2n) is 3.61. The summed E-state index contributed by atoms with van der Waals surface area (Å²) in [5, 5.41) is 13.8. The number of anilines is 1. The first-order valence-corrected chi connectivity index (χ1v) is 7.49. The van der Waals surface area contributed by atoms with E-state index < -0.39 is 10.7 Å². The van der Waals surface area contributed by atoms with Crippen LogP contribution in [0.15, 0.2) is 32.5 Å². The van der Waals surface area contributed by atoms with Gasteiger partial charge in [-0.2, -0.15) is 0 Å². The highest BCUT2D eigenvalue weighted by atomic mass is 79.9. The standard InChI is InChI=1S/C11H7Br2FN2O2S/c12-8-4-7(19-11(8)13)5-15-9-2-1-6(14)3-10(9)16(17)18/h1-4,15H,5H2. The summed E-state index contributed by atoms with van der Waals surface area (Å²) in [5.41, 5.74) is 0.0294. The Balaban J connectivity index is 2.17. The Morgan fingerprint density at radius 1 is 1.37 bits per heavy atom. The molecule has 0 saturated carbocycles. The third-order valence-electron chi connectivity index (χ3n) is 2.31. The molecule has 0 spiro atoms. The molecular formula is C11H7Br2FN2O2S. The molecule has 0 unspecified atom stereocenters. The van der Waals surface area contributed by atoms with E-state index in [1.54, 1.807) is 0 Å². The van der Waals surface area contributed by atoms with Crippen molar-refractivity contribution in [1.29, 1.82) is 0 Å². The molecule has 1 aromatic carbocycles. The molecule has 8 heteroatoms. The molecule has 4 nitrogen and oxygen atoms in total. The second-order valence-corrected chi connectivity index (χ2v) is 6.92. The minimum atomic E-state index is -0.626. The predicted octanol–water partition coefficient (Wildman–Crippen LogP) is 4.93. The highest BCUT2D eigenvalue weighted by Gasteiger charge is 2.15. The molecule has 0 aliphatic heterocycles. The van der Waals surface area contributed by atoms with Crippen molar-refractivity contribution < 1.29 is 9.31 Å². The Bertz CT molecular complexity index is 614. The maximum Gasteiger partial charge on any atom is 0.295 e. The van der Waals surface area contributed by atoms with E-state index in [4.69, 9.17) is 0 Å². The summed E-state index contributed by atoms with van der Waals surface area (Å²) < 4.78 is 14.9. The summed E-state index contributed by atoms with van der Waals surface area (Å²) in [5.74, 6) is -0.626. The lowest BCUT2D eigenvalue weighted by atomic mass is 10.2. The quantitative estimate of drug-likeness (QED) is 0.575. The molecule has 0 bridgehead atoms. The zero-order valence-electron chi connectivity index (χ0n) is 9.32. The van der Waals surface area contributed by atoms with Gasteiger partial charge in [-0.25, -0.2) is 4.39 Å². The lowest BCUT2D eigenvalue weighted by Crippen LogP contribution is -2.01. The molecule has 2 rings (SSSR count). The molecule has 0 atom stereocenters. The molecule has 0 amide bonds. The molecule has 2 aromatic rings. The van der Waals surface area contributed by atoms with Gasteiger partial charge < -0.3 is 5.32 Å². The predicted molar refractivity (Wildman–Crippen MR) is 80.1 cm³/mol. The summed E-state index contributed by atoms with van der Waals surface area (Å²) in [6.45, 7) is 0.432. The first-order valence-electron chi connectivity index (χ1n) is 5.09. The van der Waals surface area contributed by atoms with Crippen LogP contribution in [0, 0.1) is 15.9 Å². The maximum absolute atomic E-state index is 13.0. The molecular weight excluding hydrogens is 403 g/mol. The summed E-state index contributed by atoms with van der Waals surface area (Å²) in [4.78, 5) is 11.2. The summed E-state index contributed by atoms with van der Waals surface area (Å²) in [6, 6.07) is 5.38.